The predicted octanol–water partition coefficient (Wildman–Crippen LogP) is 5.06. The van der Waals surface area contributed by atoms with Gasteiger partial charge in [0.05, 0.1) is 5.69 Å². The molecule has 10 heteroatoms. The van der Waals surface area contributed by atoms with E-state index in [2.05, 4.69) is 15.2 Å². The van der Waals surface area contributed by atoms with Crippen molar-refractivity contribution in [2.24, 2.45) is 0 Å². The minimum atomic E-state index is -0.528. The van der Waals surface area contributed by atoms with Crippen LogP contribution in [0.1, 0.15) is 72.4 Å². The number of hydrogen-bond acceptors (Lipinski definition) is 7. The number of aryl methyl sites for hydroxylation is 1. The molecule has 2 aliphatic rings. The van der Waals surface area contributed by atoms with Gasteiger partial charge in [-0.2, -0.15) is 0 Å². The Balaban J connectivity index is 1.45. The van der Waals surface area contributed by atoms with Crippen LogP contribution in [0.15, 0.2) is 33.6 Å². The van der Waals surface area contributed by atoms with E-state index in [4.69, 9.17) is 25.7 Å². The Hall–Kier alpha value is -3.17. The van der Waals surface area contributed by atoms with Gasteiger partial charge in [-0.05, 0) is 57.7 Å². The van der Waals surface area contributed by atoms with E-state index >= 15 is 0 Å². The minimum Gasteiger partial charge on any atom is -0.422 e. The molecule has 0 radical (unpaired) electrons. The smallest absolute Gasteiger partial charge is 0.261 e. The average molecular weight is 496 g/mol. The minimum absolute atomic E-state index is 0.0583. The summed E-state index contributed by atoms with van der Waals surface area (Å²) in [4.78, 5) is 22.6. The highest BCUT2D eigenvalue weighted by Gasteiger charge is 2.34. The van der Waals surface area contributed by atoms with Crippen LogP contribution in [0.5, 0.6) is 0 Å². The van der Waals surface area contributed by atoms with Crippen LogP contribution in [-0.2, 0) is 4.74 Å². The van der Waals surface area contributed by atoms with Crippen molar-refractivity contribution in [3.05, 3.63) is 74.3 Å². The Morgan fingerprint density at radius 3 is 2.66 bits per heavy atom. The number of benzene rings is 1. The molecule has 180 valence electrons. The van der Waals surface area contributed by atoms with Crippen molar-refractivity contribution in [1.29, 1.82) is 0 Å². The fourth-order valence-electron chi connectivity index (χ4n) is 4.52. The van der Waals surface area contributed by atoms with Gasteiger partial charge in [-0.3, -0.25) is 9.20 Å². The first kappa shape index (κ1) is 22.3. The molecule has 1 saturated carbocycles. The van der Waals surface area contributed by atoms with Crippen LogP contribution >= 0.6 is 11.6 Å². The van der Waals surface area contributed by atoms with Gasteiger partial charge in [0, 0.05) is 46.5 Å². The molecule has 35 heavy (non-hydrogen) atoms. The van der Waals surface area contributed by atoms with Gasteiger partial charge in [0.15, 0.2) is 5.65 Å². The van der Waals surface area contributed by atoms with Gasteiger partial charge >= 0.3 is 0 Å². The van der Waals surface area contributed by atoms with Crippen LogP contribution < -0.4 is 5.56 Å². The molecule has 4 heterocycles. The summed E-state index contributed by atoms with van der Waals surface area (Å²) in [7, 11) is 0. The van der Waals surface area contributed by atoms with Gasteiger partial charge in [0.2, 0.25) is 11.8 Å². The molecule has 1 aliphatic heterocycles. The number of halogens is 2. The fourth-order valence-corrected chi connectivity index (χ4v) is 4.68. The zero-order valence-electron chi connectivity index (χ0n) is 19.3. The monoisotopic (exact) mass is 495 g/mol. The Morgan fingerprint density at radius 1 is 1.09 bits per heavy atom. The average Bonchev–Trinajstić information content (AvgIpc) is 3.59. The number of rotatable bonds is 4. The van der Waals surface area contributed by atoms with E-state index in [1.807, 2.05) is 0 Å². The van der Waals surface area contributed by atoms with Crippen molar-refractivity contribution in [3.8, 4) is 11.3 Å². The highest BCUT2D eigenvalue weighted by Crippen LogP contribution is 2.42. The molecule has 1 saturated heterocycles. The molecule has 4 aromatic rings. The molecule has 2 atom stereocenters. The lowest BCUT2D eigenvalue weighted by Crippen LogP contribution is -2.24. The summed E-state index contributed by atoms with van der Waals surface area (Å²) in [5, 5.41) is 8.66. The van der Waals surface area contributed by atoms with Gasteiger partial charge in [-0.1, -0.05) is 11.6 Å². The van der Waals surface area contributed by atoms with Crippen molar-refractivity contribution >= 4 is 17.2 Å². The molecule has 8 nitrogen and oxygen atoms in total. The van der Waals surface area contributed by atoms with Crippen LogP contribution in [0.25, 0.3) is 16.9 Å². The second kappa shape index (κ2) is 8.49. The molecule has 0 amide bonds. The third-order valence-corrected chi connectivity index (χ3v) is 7.08. The van der Waals surface area contributed by atoms with Gasteiger partial charge in [0.1, 0.15) is 17.6 Å². The second-order valence-electron chi connectivity index (χ2n) is 9.29. The van der Waals surface area contributed by atoms with E-state index in [0.29, 0.717) is 65.4 Å². The van der Waals surface area contributed by atoms with E-state index in [9.17, 15) is 9.18 Å². The summed E-state index contributed by atoms with van der Waals surface area (Å²) < 4.78 is 28.3. The van der Waals surface area contributed by atoms with Crippen LogP contribution in [0, 0.1) is 19.7 Å². The third-order valence-electron chi connectivity index (χ3n) is 6.84. The molecule has 0 bridgehead atoms. The number of aromatic nitrogens is 5. The number of fused-ring (bicyclic) bond motifs is 1. The predicted molar refractivity (Wildman–Crippen MR) is 126 cm³/mol. The molecule has 1 aromatic carbocycles. The Bertz CT molecular complexity index is 1510. The van der Waals surface area contributed by atoms with Gasteiger partial charge in [-0.25, -0.2) is 14.4 Å². The summed E-state index contributed by atoms with van der Waals surface area (Å²) in [6.07, 6.45) is 4.74. The standard InChI is InChI=1S/C25H23ClFN5O3/c1-12-13(2)28-22-21(17-6-5-16(26)10-18(17)27)29-19(11-32(22)25(12)33)15-7-8-34-20(9-15)24-31-30-23(35-24)14-3-4-14/h5-6,10-11,14-15,20H,3-4,7-9H2,1-2H3/t15-,20+/m0/s1. The lowest BCUT2D eigenvalue weighted by Gasteiger charge is -2.27. The lowest BCUT2D eigenvalue weighted by molar-refractivity contribution is -0.0117. The van der Waals surface area contributed by atoms with Gasteiger partial charge < -0.3 is 9.15 Å². The second-order valence-corrected chi connectivity index (χ2v) is 9.73. The molecule has 0 unspecified atom stereocenters. The largest absolute Gasteiger partial charge is 0.422 e. The van der Waals surface area contributed by atoms with Crippen LogP contribution in [-0.4, -0.2) is 31.2 Å². The maximum atomic E-state index is 15.0. The summed E-state index contributed by atoms with van der Waals surface area (Å²) in [6.45, 7) is 3.97. The van der Waals surface area contributed by atoms with E-state index in [1.165, 1.54) is 10.5 Å². The number of nitrogens with zero attached hydrogens (tertiary/aromatic N) is 5. The van der Waals surface area contributed by atoms with Crippen molar-refractivity contribution in [1.82, 2.24) is 24.6 Å². The van der Waals surface area contributed by atoms with Crippen LogP contribution in [0.3, 0.4) is 0 Å². The maximum Gasteiger partial charge on any atom is 0.261 e. The molecule has 1 aliphatic carbocycles. The molecular formula is C25H23ClFN5O3. The van der Waals surface area contributed by atoms with Crippen LogP contribution in [0.4, 0.5) is 4.39 Å². The number of hydrogen-bond donors (Lipinski definition) is 0. The number of ether oxygens (including phenoxy) is 1. The maximum absolute atomic E-state index is 15.0. The summed E-state index contributed by atoms with van der Waals surface area (Å²) in [5.41, 5.74) is 2.40. The zero-order chi connectivity index (χ0) is 24.3. The molecule has 6 rings (SSSR count). The van der Waals surface area contributed by atoms with Crippen molar-refractivity contribution < 1.29 is 13.5 Å². The molecule has 0 spiro atoms. The Labute approximate surface area is 205 Å². The van der Waals surface area contributed by atoms with Crippen molar-refractivity contribution in [3.63, 3.8) is 0 Å². The van der Waals surface area contributed by atoms with E-state index in [0.717, 1.165) is 12.8 Å². The Kier molecular flexibility index (Phi) is 5.41. The molecular weight excluding hydrogens is 473 g/mol. The fraction of sp³-hybridized carbons (Fsp3) is 0.400. The SMILES string of the molecule is Cc1nc2c(-c3ccc(Cl)cc3F)nc([C@H]3CCO[C@@H](c4nnc(C5CC5)o4)C3)cn2c(=O)c1C. The summed E-state index contributed by atoms with van der Waals surface area (Å²) in [5.74, 6) is 0.905. The van der Waals surface area contributed by atoms with E-state index in [-0.39, 0.29) is 28.2 Å². The zero-order valence-corrected chi connectivity index (χ0v) is 20.0. The van der Waals surface area contributed by atoms with E-state index < -0.39 is 5.82 Å². The quantitative estimate of drug-likeness (QED) is 0.390. The molecule has 3 aromatic heterocycles. The summed E-state index contributed by atoms with van der Waals surface area (Å²) >= 11 is 5.98. The Morgan fingerprint density at radius 2 is 1.89 bits per heavy atom. The third kappa shape index (κ3) is 4.02. The normalized spacial score (nSPS) is 20.5. The first-order valence-corrected chi connectivity index (χ1v) is 12.1. The van der Waals surface area contributed by atoms with E-state index in [1.54, 1.807) is 32.2 Å². The first-order valence-electron chi connectivity index (χ1n) is 11.7. The first-order chi connectivity index (χ1) is 16.9. The highest BCUT2D eigenvalue weighted by molar-refractivity contribution is 6.30. The molecule has 2 fully saturated rings. The van der Waals surface area contributed by atoms with Gasteiger partial charge in [-0.15, -0.1) is 10.2 Å². The lowest BCUT2D eigenvalue weighted by atomic mass is 9.92. The highest BCUT2D eigenvalue weighted by atomic mass is 35.5. The van der Waals surface area contributed by atoms with Crippen molar-refractivity contribution in [2.75, 3.05) is 6.61 Å². The van der Waals surface area contributed by atoms with Crippen LogP contribution in [0.2, 0.25) is 5.02 Å². The topological polar surface area (TPSA) is 95.4 Å². The van der Waals surface area contributed by atoms with Crippen molar-refractivity contribution in [2.45, 2.75) is 57.5 Å². The molecule has 0 N–H and O–H groups in total. The van der Waals surface area contributed by atoms with Gasteiger partial charge in [0.25, 0.3) is 5.56 Å². The summed E-state index contributed by atoms with van der Waals surface area (Å²) in [6, 6.07) is 4.40.